The Morgan fingerprint density at radius 1 is 1.32 bits per heavy atom. The SMILES string of the molecule is COc1ccc(CS(=O)(=O)[C@@H]2CC34CCC=CC3=NC=C4CN2)cc1. The lowest BCUT2D eigenvalue weighted by Gasteiger charge is -2.42. The molecule has 25 heavy (non-hydrogen) atoms. The molecule has 0 bridgehead atoms. The number of piperidine rings is 1. The Kier molecular flexibility index (Phi) is 4.04. The number of nitrogens with one attached hydrogen (secondary N) is 1. The van der Waals surface area contributed by atoms with Crippen LogP contribution in [-0.4, -0.2) is 33.2 Å². The van der Waals surface area contributed by atoms with E-state index in [1.54, 1.807) is 19.2 Å². The van der Waals surface area contributed by atoms with Crippen LogP contribution in [0, 0.1) is 5.41 Å². The summed E-state index contributed by atoms with van der Waals surface area (Å²) in [5.74, 6) is 0.762. The molecule has 1 aromatic rings. The summed E-state index contributed by atoms with van der Waals surface area (Å²) in [5, 5.41) is 2.68. The van der Waals surface area contributed by atoms with Crippen molar-refractivity contribution >= 4 is 15.5 Å². The Hall–Kier alpha value is -1.92. The standard InChI is InChI=1S/C19H22N2O3S/c1-24-16-7-5-14(6-8-16)13-25(22,23)18-10-19-9-3-2-4-17(19)20-11-15(19)12-21-18/h2,4-8,11,18,21H,3,9-10,12-13H2,1H3/t18-,19?/m1/s1. The lowest BCUT2D eigenvalue weighted by molar-refractivity contribution is 0.344. The van der Waals surface area contributed by atoms with E-state index in [9.17, 15) is 8.42 Å². The smallest absolute Gasteiger partial charge is 0.170 e. The minimum absolute atomic E-state index is 0.0338. The van der Waals surface area contributed by atoms with Crippen molar-refractivity contribution in [2.45, 2.75) is 30.4 Å². The summed E-state index contributed by atoms with van der Waals surface area (Å²) in [4.78, 5) is 4.53. The maximum atomic E-state index is 13.0. The normalized spacial score (nSPS) is 28.0. The number of benzene rings is 1. The predicted molar refractivity (Wildman–Crippen MR) is 98.4 cm³/mol. The van der Waals surface area contributed by atoms with Crippen LogP contribution in [0.2, 0.25) is 0 Å². The van der Waals surface area contributed by atoms with Gasteiger partial charge in [0, 0.05) is 18.2 Å². The summed E-state index contributed by atoms with van der Waals surface area (Å²) in [6.45, 7) is 0.591. The molecule has 1 fully saturated rings. The van der Waals surface area contributed by atoms with Crippen molar-refractivity contribution in [2.75, 3.05) is 13.7 Å². The highest BCUT2D eigenvalue weighted by Gasteiger charge is 2.48. The van der Waals surface area contributed by atoms with E-state index in [1.807, 2.05) is 18.3 Å². The van der Waals surface area contributed by atoms with Crippen molar-refractivity contribution < 1.29 is 13.2 Å². The number of sulfone groups is 1. The first kappa shape index (κ1) is 16.5. The second kappa shape index (κ2) is 6.11. The van der Waals surface area contributed by atoms with E-state index in [-0.39, 0.29) is 11.2 Å². The Balaban J connectivity index is 1.56. The minimum Gasteiger partial charge on any atom is -0.497 e. The molecule has 0 radical (unpaired) electrons. The Bertz CT molecular complexity index is 868. The second-order valence-corrected chi connectivity index (χ2v) is 9.10. The van der Waals surface area contributed by atoms with Gasteiger partial charge in [0.2, 0.25) is 0 Å². The monoisotopic (exact) mass is 358 g/mol. The van der Waals surface area contributed by atoms with Crippen LogP contribution >= 0.6 is 0 Å². The topological polar surface area (TPSA) is 67.8 Å². The number of rotatable bonds is 4. The number of allylic oxidation sites excluding steroid dienone is 2. The quantitative estimate of drug-likeness (QED) is 0.898. The van der Waals surface area contributed by atoms with Gasteiger partial charge in [-0.3, -0.25) is 10.3 Å². The van der Waals surface area contributed by atoms with Crippen molar-refractivity contribution in [3.8, 4) is 5.75 Å². The van der Waals surface area contributed by atoms with Crippen molar-refractivity contribution in [2.24, 2.45) is 10.4 Å². The van der Waals surface area contributed by atoms with Crippen LogP contribution in [0.25, 0.3) is 0 Å². The Morgan fingerprint density at radius 2 is 2.12 bits per heavy atom. The van der Waals surface area contributed by atoms with E-state index in [0.717, 1.165) is 29.9 Å². The fourth-order valence-corrected chi connectivity index (χ4v) is 5.78. The molecule has 0 amide bonds. The van der Waals surface area contributed by atoms with Gasteiger partial charge >= 0.3 is 0 Å². The van der Waals surface area contributed by atoms with E-state index in [0.29, 0.717) is 13.0 Å². The summed E-state index contributed by atoms with van der Waals surface area (Å²) >= 11 is 0. The van der Waals surface area contributed by atoms with Gasteiger partial charge in [-0.1, -0.05) is 18.2 Å². The molecule has 0 aromatic heterocycles. The van der Waals surface area contributed by atoms with Gasteiger partial charge < -0.3 is 4.74 Å². The number of hydrogen-bond donors (Lipinski definition) is 1. The largest absolute Gasteiger partial charge is 0.497 e. The number of hydrogen-bond acceptors (Lipinski definition) is 5. The molecule has 1 N–H and O–H groups in total. The first-order valence-electron chi connectivity index (χ1n) is 8.56. The fraction of sp³-hybridized carbons (Fsp3) is 0.421. The van der Waals surface area contributed by atoms with E-state index >= 15 is 0 Å². The second-order valence-electron chi connectivity index (χ2n) is 6.92. The Labute approximate surface area is 148 Å². The molecule has 5 nitrogen and oxygen atoms in total. The minimum atomic E-state index is -3.31. The van der Waals surface area contributed by atoms with Crippen LogP contribution in [0.3, 0.4) is 0 Å². The zero-order valence-electron chi connectivity index (χ0n) is 14.2. The van der Waals surface area contributed by atoms with Crippen molar-refractivity contribution in [1.29, 1.82) is 0 Å². The van der Waals surface area contributed by atoms with Gasteiger partial charge in [-0.15, -0.1) is 0 Å². The molecule has 4 rings (SSSR count). The molecule has 1 saturated heterocycles. The van der Waals surface area contributed by atoms with Crippen molar-refractivity contribution in [3.63, 3.8) is 0 Å². The predicted octanol–water partition coefficient (Wildman–Crippen LogP) is 2.60. The average molecular weight is 358 g/mol. The average Bonchev–Trinajstić information content (AvgIpc) is 3.01. The molecule has 1 aliphatic carbocycles. The lowest BCUT2D eigenvalue weighted by atomic mass is 9.67. The molecule has 2 atom stereocenters. The summed E-state index contributed by atoms with van der Waals surface area (Å²) < 4.78 is 31.1. The zero-order valence-corrected chi connectivity index (χ0v) is 15.1. The van der Waals surface area contributed by atoms with Gasteiger partial charge in [0.25, 0.3) is 0 Å². The molecule has 2 aliphatic heterocycles. The molecule has 1 spiro atoms. The maximum Gasteiger partial charge on any atom is 0.170 e. The highest BCUT2D eigenvalue weighted by atomic mass is 32.2. The van der Waals surface area contributed by atoms with Crippen LogP contribution < -0.4 is 10.1 Å². The molecule has 1 aromatic carbocycles. The molecule has 2 heterocycles. The number of aliphatic imine (C=N–C) groups is 1. The number of ether oxygens (including phenoxy) is 1. The number of methoxy groups -OCH3 is 1. The Morgan fingerprint density at radius 3 is 2.88 bits per heavy atom. The van der Waals surface area contributed by atoms with Gasteiger partial charge in [0.1, 0.15) is 11.1 Å². The van der Waals surface area contributed by atoms with Crippen molar-refractivity contribution in [3.05, 3.63) is 53.8 Å². The molecule has 6 heteroatoms. The fourth-order valence-electron chi connectivity index (χ4n) is 4.05. The molecule has 1 unspecified atom stereocenters. The van der Waals surface area contributed by atoms with Crippen LogP contribution in [0.5, 0.6) is 5.75 Å². The number of nitrogens with zero attached hydrogens (tertiary/aromatic N) is 1. The van der Waals surface area contributed by atoms with Crippen LogP contribution in [0.15, 0.2) is 53.2 Å². The van der Waals surface area contributed by atoms with Gasteiger partial charge in [0.15, 0.2) is 9.84 Å². The summed E-state index contributed by atoms with van der Waals surface area (Å²) in [5.41, 5.74) is 2.85. The molecular weight excluding hydrogens is 336 g/mol. The third-order valence-electron chi connectivity index (χ3n) is 5.49. The van der Waals surface area contributed by atoms with Gasteiger partial charge in [-0.2, -0.15) is 0 Å². The summed E-state index contributed by atoms with van der Waals surface area (Å²) in [6.07, 6.45) is 8.60. The van der Waals surface area contributed by atoms with Crippen LogP contribution in [0.4, 0.5) is 0 Å². The van der Waals surface area contributed by atoms with Crippen LogP contribution in [0.1, 0.15) is 24.8 Å². The van der Waals surface area contributed by atoms with Gasteiger partial charge in [-0.25, -0.2) is 8.42 Å². The van der Waals surface area contributed by atoms with Gasteiger partial charge in [0.05, 0.1) is 18.6 Å². The molecule has 3 aliphatic rings. The van der Waals surface area contributed by atoms with Gasteiger partial charge in [-0.05, 0) is 48.6 Å². The van der Waals surface area contributed by atoms with E-state index in [4.69, 9.17) is 4.74 Å². The van der Waals surface area contributed by atoms with E-state index in [2.05, 4.69) is 22.5 Å². The maximum absolute atomic E-state index is 13.0. The van der Waals surface area contributed by atoms with Crippen LogP contribution in [-0.2, 0) is 15.6 Å². The third-order valence-corrected chi connectivity index (χ3v) is 7.43. The highest BCUT2D eigenvalue weighted by molar-refractivity contribution is 7.91. The summed E-state index contributed by atoms with van der Waals surface area (Å²) in [6, 6.07) is 7.22. The van der Waals surface area contributed by atoms with E-state index in [1.165, 1.54) is 5.57 Å². The zero-order chi connectivity index (χ0) is 17.5. The van der Waals surface area contributed by atoms with E-state index < -0.39 is 15.2 Å². The highest BCUT2D eigenvalue weighted by Crippen LogP contribution is 2.47. The van der Waals surface area contributed by atoms with Crippen molar-refractivity contribution in [1.82, 2.24) is 5.32 Å². The molecular formula is C19H22N2O3S. The summed E-state index contributed by atoms with van der Waals surface area (Å²) in [7, 11) is -1.71. The molecule has 0 saturated carbocycles. The first-order chi connectivity index (χ1) is 12.0. The molecule has 132 valence electrons. The third kappa shape index (κ3) is 2.83. The lowest BCUT2D eigenvalue weighted by Crippen LogP contribution is -2.51. The first-order valence-corrected chi connectivity index (χ1v) is 10.3.